The van der Waals surface area contributed by atoms with Crippen LogP contribution in [0.1, 0.15) is 26.3 Å². The third-order valence-electron chi connectivity index (χ3n) is 3.08. The maximum absolute atomic E-state index is 12.3. The molecule has 1 aromatic heterocycles. The van der Waals surface area contributed by atoms with E-state index >= 15 is 0 Å². The van der Waals surface area contributed by atoms with E-state index < -0.39 is 5.56 Å². The van der Waals surface area contributed by atoms with Gasteiger partial charge in [0.05, 0.1) is 17.5 Å². The number of carbonyl (C=O) groups excluding carboxylic acids is 1. The molecule has 0 fully saturated rings. The zero-order valence-electron chi connectivity index (χ0n) is 14.2. The topological polar surface area (TPSA) is 84.2 Å². The average Bonchev–Trinajstić information content (AvgIpc) is 2.44. The van der Waals surface area contributed by atoms with Gasteiger partial charge in [0.15, 0.2) is 5.16 Å². The van der Waals surface area contributed by atoms with Crippen LogP contribution in [0.2, 0.25) is 0 Å². The summed E-state index contributed by atoms with van der Waals surface area (Å²) in [6, 6.07) is 8.44. The number of benzene rings is 1. The molecule has 1 amide bonds. The maximum Gasteiger partial charge on any atom is 0.262 e. The Morgan fingerprint density at radius 1 is 1.33 bits per heavy atom. The molecule has 24 heavy (non-hydrogen) atoms. The van der Waals surface area contributed by atoms with E-state index in [2.05, 4.69) is 10.3 Å². The van der Waals surface area contributed by atoms with E-state index in [9.17, 15) is 14.7 Å². The van der Waals surface area contributed by atoms with Crippen molar-refractivity contribution >= 4 is 17.7 Å². The van der Waals surface area contributed by atoms with E-state index in [4.69, 9.17) is 0 Å². The summed E-state index contributed by atoms with van der Waals surface area (Å²) < 4.78 is 1.41. The number of rotatable bonds is 4. The van der Waals surface area contributed by atoms with Crippen LogP contribution in [0.25, 0.3) is 5.69 Å². The van der Waals surface area contributed by atoms with E-state index in [0.717, 1.165) is 23.4 Å². The summed E-state index contributed by atoms with van der Waals surface area (Å²) in [5, 5.41) is 12.8. The molecule has 0 aliphatic heterocycles. The molecule has 0 unspecified atom stereocenters. The molecule has 0 aliphatic carbocycles. The number of nitrogens with zero attached hydrogens (tertiary/aromatic N) is 2. The Kier molecular flexibility index (Phi) is 5.33. The van der Waals surface area contributed by atoms with Crippen molar-refractivity contribution in [2.75, 3.05) is 5.75 Å². The molecule has 1 aromatic carbocycles. The van der Waals surface area contributed by atoms with Gasteiger partial charge in [-0.2, -0.15) is 4.98 Å². The average molecular weight is 347 g/mol. The number of aryl methyl sites for hydroxylation is 1. The number of amides is 1. The Hall–Kier alpha value is -2.28. The lowest BCUT2D eigenvalue weighted by Gasteiger charge is -2.20. The molecule has 0 aliphatic rings. The monoisotopic (exact) mass is 347 g/mol. The van der Waals surface area contributed by atoms with Crippen molar-refractivity contribution in [2.45, 2.75) is 38.4 Å². The predicted molar refractivity (Wildman–Crippen MR) is 94.9 cm³/mol. The first-order valence-corrected chi connectivity index (χ1v) is 8.49. The molecule has 2 aromatic rings. The lowest BCUT2D eigenvalue weighted by atomic mass is 10.1. The van der Waals surface area contributed by atoms with Gasteiger partial charge in [0.2, 0.25) is 11.8 Å². The zero-order valence-corrected chi connectivity index (χ0v) is 15.0. The maximum atomic E-state index is 12.3. The van der Waals surface area contributed by atoms with E-state index in [1.54, 1.807) is 6.07 Å². The van der Waals surface area contributed by atoms with Crippen LogP contribution in [0.3, 0.4) is 0 Å². The summed E-state index contributed by atoms with van der Waals surface area (Å²) >= 11 is 1.11. The van der Waals surface area contributed by atoms with Crippen molar-refractivity contribution < 1.29 is 9.90 Å². The molecule has 0 atom stereocenters. The van der Waals surface area contributed by atoms with Crippen molar-refractivity contribution in [3.8, 4) is 11.6 Å². The van der Waals surface area contributed by atoms with Gasteiger partial charge in [-0.05, 0) is 39.3 Å². The van der Waals surface area contributed by atoms with E-state index in [1.165, 1.54) is 4.57 Å². The van der Waals surface area contributed by atoms with Gasteiger partial charge >= 0.3 is 0 Å². The van der Waals surface area contributed by atoms with Crippen LogP contribution in [0.5, 0.6) is 5.88 Å². The van der Waals surface area contributed by atoms with E-state index in [-0.39, 0.29) is 28.2 Å². The lowest BCUT2D eigenvalue weighted by Crippen LogP contribution is -2.41. The molecule has 2 rings (SSSR count). The number of carbonyl (C=O) groups is 1. The fourth-order valence-corrected chi connectivity index (χ4v) is 2.97. The van der Waals surface area contributed by atoms with Crippen LogP contribution < -0.4 is 10.9 Å². The first kappa shape index (κ1) is 18.1. The minimum Gasteiger partial charge on any atom is -0.493 e. The molecule has 0 saturated heterocycles. The van der Waals surface area contributed by atoms with Crippen LogP contribution >= 0.6 is 11.8 Å². The van der Waals surface area contributed by atoms with E-state index in [1.807, 2.05) is 45.9 Å². The highest BCUT2D eigenvalue weighted by Crippen LogP contribution is 2.22. The van der Waals surface area contributed by atoms with Crippen LogP contribution in [-0.4, -0.2) is 31.9 Å². The van der Waals surface area contributed by atoms with Crippen LogP contribution in [0, 0.1) is 6.92 Å². The van der Waals surface area contributed by atoms with Gasteiger partial charge in [0.25, 0.3) is 5.56 Å². The summed E-state index contributed by atoms with van der Waals surface area (Å²) in [6.45, 7) is 7.57. The van der Waals surface area contributed by atoms with Gasteiger partial charge < -0.3 is 10.4 Å². The van der Waals surface area contributed by atoms with Crippen LogP contribution in [-0.2, 0) is 4.79 Å². The summed E-state index contributed by atoms with van der Waals surface area (Å²) in [6.07, 6.45) is 0. The molecule has 0 saturated carbocycles. The van der Waals surface area contributed by atoms with Crippen molar-refractivity contribution in [1.29, 1.82) is 0 Å². The largest absolute Gasteiger partial charge is 0.493 e. The molecular weight excluding hydrogens is 326 g/mol. The van der Waals surface area contributed by atoms with Crippen molar-refractivity contribution in [3.05, 3.63) is 46.2 Å². The minimum atomic E-state index is -0.393. The molecule has 2 N–H and O–H groups in total. The summed E-state index contributed by atoms with van der Waals surface area (Å²) in [5.41, 5.74) is 0.844. The summed E-state index contributed by atoms with van der Waals surface area (Å²) in [5.74, 6) is -0.427. The van der Waals surface area contributed by atoms with Crippen LogP contribution in [0.15, 0.2) is 40.3 Å². The number of aromatic hydroxyl groups is 1. The second kappa shape index (κ2) is 7.09. The Morgan fingerprint density at radius 2 is 2.00 bits per heavy atom. The van der Waals surface area contributed by atoms with Gasteiger partial charge in [0.1, 0.15) is 0 Å². The lowest BCUT2D eigenvalue weighted by molar-refractivity contribution is -0.119. The van der Waals surface area contributed by atoms with Gasteiger partial charge in [-0.15, -0.1) is 0 Å². The molecule has 0 bridgehead atoms. The SMILES string of the molecule is Cc1ccccc1-n1c(SCC(=O)NC(C)(C)C)nc(O)cc1=O. The quantitative estimate of drug-likeness (QED) is 0.655. The smallest absolute Gasteiger partial charge is 0.262 e. The summed E-state index contributed by atoms with van der Waals surface area (Å²) in [4.78, 5) is 28.4. The highest BCUT2D eigenvalue weighted by Gasteiger charge is 2.17. The number of thioether (sulfide) groups is 1. The third-order valence-corrected chi connectivity index (χ3v) is 4.02. The van der Waals surface area contributed by atoms with E-state index in [0.29, 0.717) is 5.69 Å². The normalized spacial score (nSPS) is 11.3. The number of hydrogen-bond acceptors (Lipinski definition) is 5. The number of aromatic nitrogens is 2. The standard InChI is InChI=1S/C17H21N3O3S/c1-11-7-5-6-8-12(11)20-15(23)9-13(21)18-16(20)24-10-14(22)19-17(2,3)4/h5-9,21H,10H2,1-4H3,(H,19,22). The van der Waals surface area contributed by atoms with Gasteiger partial charge in [-0.3, -0.25) is 14.2 Å². The van der Waals surface area contributed by atoms with Gasteiger partial charge in [0, 0.05) is 5.54 Å². The molecule has 6 nitrogen and oxygen atoms in total. The summed E-state index contributed by atoms with van der Waals surface area (Å²) in [7, 11) is 0. The first-order valence-electron chi connectivity index (χ1n) is 7.50. The first-order chi connectivity index (χ1) is 11.2. The third kappa shape index (κ3) is 4.61. The molecule has 7 heteroatoms. The Labute approximate surface area is 144 Å². The second-order valence-corrected chi connectivity index (χ2v) is 7.39. The van der Waals surface area contributed by atoms with Crippen LogP contribution in [0.4, 0.5) is 0 Å². The minimum absolute atomic E-state index is 0.0963. The molecule has 128 valence electrons. The number of hydrogen-bond donors (Lipinski definition) is 2. The van der Waals surface area contributed by atoms with Crippen molar-refractivity contribution in [3.63, 3.8) is 0 Å². The molecule has 0 spiro atoms. The Morgan fingerprint density at radius 3 is 2.62 bits per heavy atom. The number of para-hydroxylation sites is 1. The van der Waals surface area contributed by atoms with Gasteiger partial charge in [-0.25, -0.2) is 0 Å². The second-order valence-electron chi connectivity index (χ2n) is 6.44. The molecular formula is C17H21N3O3S. The van der Waals surface area contributed by atoms with Gasteiger partial charge in [-0.1, -0.05) is 30.0 Å². The molecule has 0 radical (unpaired) electrons. The number of nitrogens with one attached hydrogen (secondary N) is 1. The highest BCUT2D eigenvalue weighted by molar-refractivity contribution is 7.99. The Bertz CT molecular complexity index is 809. The van der Waals surface area contributed by atoms with Crippen molar-refractivity contribution in [1.82, 2.24) is 14.9 Å². The predicted octanol–water partition coefficient (Wildman–Crippen LogP) is 2.25. The zero-order chi connectivity index (χ0) is 17.9. The highest BCUT2D eigenvalue weighted by atomic mass is 32.2. The Balaban J connectivity index is 2.35. The molecule has 1 heterocycles. The fourth-order valence-electron chi connectivity index (χ4n) is 2.17. The van der Waals surface area contributed by atoms with Crippen molar-refractivity contribution in [2.24, 2.45) is 0 Å². The fraction of sp³-hybridized carbons (Fsp3) is 0.353.